The van der Waals surface area contributed by atoms with Crippen molar-refractivity contribution in [3.63, 3.8) is 0 Å². The van der Waals surface area contributed by atoms with Crippen LogP contribution >= 0.6 is 0 Å². The van der Waals surface area contributed by atoms with Gasteiger partial charge in [-0.2, -0.15) is 0 Å². The number of ether oxygens (including phenoxy) is 4. The van der Waals surface area contributed by atoms with Crippen molar-refractivity contribution in [1.82, 2.24) is 9.80 Å². The van der Waals surface area contributed by atoms with Gasteiger partial charge in [0.05, 0.1) is 39.1 Å². The summed E-state index contributed by atoms with van der Waals surface area (Å²) in [5.74, 6) is 0.207. The molecule has 1 heterocycles. The van der Waals surface area contributed by atoms with Gasteiger partial charge < -0.3 is 23.8 Å². The number of hydrogen-bond acceptors (Lipinski definition) is 8. The average Bonchev–Trinajstić information content (AvgIpc) is 2.95. The monoisotopic (exact) mass is 526 g/mol. The number of piperazine rings is 1. The molecule has 38 heavy (non-hydrogen) atoms. The van der Waals surface area contributed by atoms with Gasteiger partial charge in [0.15, 0.2) is 0 Å². The van der Waals surface area contributed by atoms with Crippen LogP contribution in [0.5, 0.6) is 5.75 Å². The van der Waals surface area contributed by atoms with E-state index in [0.29, 0.717) is 51.3 Å². The van der Waals surface area contributed by atoms with Crippen LogP contribution in [0.25, 0.3) is 0 Å². The lowest BCUT2D eigenvalue weighted by Gasteiger charge is -2.36. The quantitative estimate of drug-likeness (QED) is 0.366. The Morgan fingerprint density at radius 2 is 1.68 bits per heavy atom. The van der Waals surface area contributed by atoms with E-state index in [1.165, 1.54) is 7.11 Å². The van der Waals surface area contributed by atoms with Crippen molar-refractivity contribution < 1.29 is 33.3 Å². The maximum absolute atomic E-state index is 12.6. The zero-order valence-corrected chi connectivity index (χ0v) is 22.5. The van der Waals surface area contributed by atoms with E-state index < -0.39 is 0 Å². The molecular formula is C29H38N2O7. The lowest BCUT2D eigenvalue weighted by atomic mass is 10.1. The van der Waals surface area contributed by atoms with Crippen molar-refractivity contribution in [3.8, 4) is 5.75 Å². The number of benzene rings is 2. The zero-order valence-electron chi connectivity index (χ0n) is 22.5. The summed E-state index contributed by atoms with van der Waals surface area (Å²) in [4.78, 5) is 40.0. The molecule has 9 nitrogen and oxygen atoms in total. The molecule has 2 aromatic carbocycles. The Labute approximate surface area is 224 Å². The van der Waals surface area contributed by atoms with E-state index in [4.69, 9.17) is 18.9 Å². The fraction of sp³-hybridized carbons (Fsp3) is 0.483. The van der Waals surface area contributed by atoms with Gasteiger partial charge in [0.1, 0.15) is 5.75 Å². The predicted octanol–water partition coefficient (Wildman–Crippen LogP) is 3.62. The number of carbonyl (C=O) groups is 3. The summed E-state index contributed by atoms with van der Waals surface area (Å²) in [5.41, 5.74) is 2.45. The molecule has 9 heteroatoms. The highest BCUT2D eigenvalue weighted by Gasteiger charge is 2.24. The Kier molecular flexibility index (Phi) is 11.6. The van der Waals surface area contributed by atoms with Crippen LogP contribution in [0.3, 0.4) is 0 Å². The molecule has 1 atom stereocenters. The van der Waals surface area contributed by atoms with E-state index >= 15 is 0 Å². The molecule has 0 aromatic heterocycles. The van der Waals surface area contributed by atoms with Crippen molar-refractivity contribution in [3.05, 3.63) is 65.2 Å². The van der Waals surface area contributed by atoms with E-state index in [9.17, 15) is 14.4 Å². The van der Waals surface area contributed by atoms with Crippen molar-refractivity contribution in [1.29, 1.82) is 0 Å². The topological polar surface area (TPSA) is 94.6 Å². The van der Waals surface area contributed by atoms with Gasteiger partial charge in [0.2, 0.25) is 5.91 Å². The first kappa shape index (κ1) is 29.1. The Balaban J connectivity index is 1.56. The third-order valence-electron chi connectivity index (χ3n) is 6.52. The normalized spacial score (nSPS) is 14.6. The molecule has 2 aromatic rings. The van der Waals surface area contributed by atoms with Crippen molar-refractivity contribution in [2.45, 2.75) is 38.9 Å². The molecule has 206 valence electrons. The van der Waals surface area contributed by atoms with E-state index in [-0.39, 0.29) is 30.4 Å². The lowest BCUT2D eigenvalue weighted by Crippen LogP contribution is -2.49. The first-order valence-corrected chi connectivity index (χ1v) is 13.0. The van der Waals surface area contributed by atoms with Gasteiger partial charge in [-0.05, 0) is 48.7 Å². The SMILES string of the molecule is CCOC(=O)CCCC(=O)N1CCN(C[C@H](OCc2ccc(C(=O)OC)cc2)c2cccc(OC)c2)CC1. The summed E-state index contributed by atoms with van der Waals surface area (Å²) in [6, 6.07) is 15.0. The van der Waals surface area contributed by atoms with Crippen molar-refractivity contribution in [2.24, 2.45) is 0 Å². The first-order valence-electron chi connectivity index (χ1n) is 13.0. The maximum Gasteiger partial charge on any atom is 0.337 e. The minimum atomic E-state index is -0.372. The van der Waals surface area contributed by atoms with Crippen LogP contribution in [0.4, 0.5) is 0 Å². The van der Waals surface area contributed by atoms with E-state index in [1.807, 2.05) is 41.3 Å². The molecule has 3 rings (SSSR count). The van der Waals surface area contributed by atoms with Crippen molar-refractivity contribution >= 4 is 17.8 Å². The van der Waals surface area contributed by atoms with Gasteiger partial charge in [-0.1, -0.05) is 24.3 Å². The van der Waals surface area contributed by atoms with E-state index in [2.05, 4.69) is 4.90 Å². The van der Waals surface area contributed by atoms with Crippen LogP contribution in [0, 0.1) is 0 Å². The van der Waals surface area contributed by atoms with Crippen LogP contribution < -0.4 is 4.74 Å². The van der Waals surface area contributed by atoms with Crippen LogP contribution in [0.1, 0.15) is 53.8 Å². The maximum atomic E-state index is 12.6. The fourth-order valence-corrected chi connectivity index (χ4v) is 4.34. The molecule has 1 saturated heterocycles. The number of hydrogen-bond donors (Lipinski definition) is 0. The Morgan fingerprint density at radius 1 is 0.947 bits per heavy atom. The number of carbonyl (C=O) groups excluding carboxylic acids is 3. The molecule has 1 aliphatic rings. The Hall–Kier alpha value is -3.43. The fourth-order valence-electron chi connectivity index (χ4n) is 4.34. The summed E-state index contributed by atoms with van der Waals surface area (Å²) in [7, 11) is 3.00. The second-order valence-corrected chi connectivity index (χ2v) is 9.10. The molecular weight excluding hydrogens is 488 g/mol. The van der Waals surface area contributed by atoms with Crippen LogP contribution in [-0.2, 0) is 30.4 Å². The van der Waals surface area contributed by atoms with Crippen molar-refractivity contribution in [2.75, 3.05) is 53.6 Å². The van der Waals surface area contributed by atoms with Crippen LogP contribution in [0.2, 0.25) is 0 Å². The summed E-state index contributed by atoms with van der Waals surface area (Å²) in [5, 5.41) is 0. The third kappa shape index (κ3) is 8.85. The highest BCUT2D eigenvalue weighted by atomic mass is 16.5. The smallest absolute Gasteiger partial charge is 0.337 e. The van der Waals surface area contributed by atoms with Gasteiger partial charge >= 0.3 is 11.9 Å². The molecule has 0 unspecified atom stereocenters. The highest BCUT2D eigenvalue weighted by Crippen LogP contribution is 2.25. The van der Waals surface area contributed by atoms with Crippen LogP contribution in [0.15, 0.2) is 48.5 Å². The first-order chi connectivity index (χ1) is 18.4. The largest absolute Gasteiger partial charge is 0.497 e. The molecule has 0 bridgehead atoms. The highest BCUT2D eigenvalue weighted by molar-refractivity contribution is 5.89. The second-order valence-electron chi connectivity index (χ2n) is 9.10. The standard InChI is InChI=1S/C29H38N2O7/c1-4-37-28(33)10-6-9-27(32)31-17-15-30(16-18-31)20-26(24-7-5-8-25(19-24)35-2)38-21-22-11-13-23(14-12-22)29(34)36-3/h5,7-8,11-14,19,26H,4,6,9-10,15-18,20-21H2,1-3H3/t26-/m0/s1. The number of rotatable bonds is 13. The number of nitrogens with zero attached hydrogens (tertiary/aromatic N) is 2. The van der Waals surface area contributed by atoms with E-state index in [1.54, 1.807) is 26.2 Å². The summed E-state index contributed by atoms with van der Waals surface area (Å²) >= 11 is 0. The molecule has 0 saturated carbocycles. The molecule has 0 radical (unpaired) electrons. The van der Waals surface area contributed by atoms with Gasteiger partial charge in [-0.3, -0.25) is 14.5 Å². The minimum absolute atomic E-state index is 0.0740. The summed E-state index contributed by atoms with van der Waals surface area (Å²) in [6.45, 7) is 5.92. The number of esters is 2. The molecule has 1 amide bonds. The van der Waals surface area contributed by atoms with Gasteiger partial charge in [0.25, 0.3) is 0 Å². The molecule has 0 N–H and O–H groups in total. The number of methoxy groups -OCH3 is 2. The summed E-state index contributed by atoms with van der Waals surface area (Å²) in [6.07, 6.45) is 0.912. The molecule has 1 fully saturated rings. The molecule has 0 spiro atoms. The van der Waals surface area contributed by atoms with E-state index in [0.717, 1.165) is 30.0 Å². The van der Waals surface area contributed by atoms with Gasteiger partial charge in [-0.25, -0.2) is 4.79 Å². The van der Waals surface area contributed by atoms with Gasteiger partial charge in [-0.15, -0.1) is 0 Å². The van der Waals surface area contributed by atoms with Gasteiger partial charge in [0, 0.05) is 45.6 Å². The Bertz CT molecular complexity index is 1050. The van der Waals surface area contributed by atoms with Crippen LogP contribution in [-0.4, -0.2) is 81.2 Å². The Morgan fingerprint density at radius 3 is 2.34 bits per heavy atom. The third-order valence-corrected chi connectivity index (χ3v) is 6.52. The molecule has 0 aliphatic carbocycles. The predicted molar refractivity (Wildman–Crippen MR) is 142 cm³/mol. The number of amides is 1. The lowest BCUT2D eigenvalue weighted by molar-refractivity contribution is -0.143. The summed E-state index contributed by atoms with van der Waals surface area (Å²) < 4.78 is 21.5. The second kappa shape index (κ2) is 15.1. The minimum Gasteiger partial charge on any atom is -0.497 e. The zero-order chi connectivity index (χ0) is 27.3. The molecule has 1 aliphatic heterocycles. The average molecular weight is 527 g/mol.